The first-order valence-electron chi connectivity index (χ1n) is 13.7. The smallest absolute Gasteiger partial charge is 0.134 e. The number of hydrogen-bond donors (Lipinski definition) is 3. The van der Waals surface area contributed by atoms with Gasteiger partial charge in [-0.2, -0.15) is 0 Å². The number of aromatic nitrogens is 1. The monoisotopic (exact) mass is 520 g/mol. The van der Waals surface area contributed by atoms with Gasteiger partial charge in [0.25, 0.3) is 0 Å². The van der Waals surface area contributed by atoms with Crippen LogP contribution >= 0.6 is 11.8 Å². The summed E-state index contributed by atoms with van der Waals surface area (Å²) in [6.07, 6.45) is 19.9. The lowest BCUT2D eigenvalue weighted by Gasteiger charge is -2.21. The third kappa shape index (κ3) is 10.7. The first-order chi connectivity index (χ1) is 18.1. The van der Waals surface area contributed by atoms with E-state index in [1.54, 1.807) is 0 Å². The van der Waals surface area contributed by atoms with Crippen LogP contribution in [0, 0.1) is 5.92 Å². The Morgan fingerprint density at radius 3 is 2.65 bits per heavy atom. The number of aliphatic hydroxyl groups is 1. The van der Waals surface area contributed by atoms with E-state index in [9.17, 15) is 5.11 Å². The molecule has 2 aromatic rings. The van der Waals surface area contributed by atoms with Crippen molar-refractivity contribution in [2.45, 2.75) is 76.6 Å². The molecule has 37 heavy (non-hydrogen) atoms. The van der Waals surface area contributed by atoms with E-state index in [1.165, 1.54) is 35.3 Å². The van der Waals surface area contributed by atoms with Crippen LogP contribution in [0.1, 0.15) is 75.2 Å². The van der Waals surface area contributed by atoms with Gasteiger partial charge in [0.1, 0.15) is 12.4 Å². The Hall–Kier alpha value is -2.63. The molecule has 0 amide bonds. The summed E-state index contributed by atoms with van der Waals surface area (Å²) < 4.78 is 5.84. The Morgan fingerprint density at radius 2 is 1.97 bits per heavy atom. The van der Waals surface area contributed by atoms with Crippen molar-refractivity contribution >= 4 is 11.8 Å². The summed E-state index contributed by atoms with van der Waals surface area (Å²) >= 11 is 2.01. The first kappa shape index (κ1) is 28.9. The molecule has 3 rings (SSSR count). The van der Waals surface area contributed by atoms with Crippen LogP contribution in [0.15, 0.2) is 89.7 Å². The van der Waals surface area contributed by atoms with Crippen LogP contribution < -0.4 is 5.73 Å². The number of ether oxygens (including phenoxy) is 1. The predicted molar refractivity (Wildman–Crippen MR) is 158 cm³/mol. The molecule has 5 heteroatoms. The van der Waals surface area contributed by atoms with E-state index >= 15 is 0 Å². The summed E-state index contributed by atoms with van der Waals surface area (Å²) in [7, 11) is 0. The lowest BCUT2D eigenvalue weighted by atomic mass is 9.86. The van der Waals surface area contributed by atoms with Crippen molar-refractivity contribution in [3.05, 3.63) is 107 Å². The molecule has 200 valence electrons. The van der Waals surface area contributed by atoms with E-state index in [2.05, 4.69) is 55.3 Å². The second-order valence-electron chi connectivity index (χ2n) is 9.75. The number of aromatic amines is 1. The molecule has 0 radical (unpaired) electrons. The Labute approximate surface area is 227 Å². The standard InChI is InChI=1S/C32H44N2O2S/c1-3-25(20-21-35)22-27(12-8-15-30(4-2)37-31-17-18-31)32-19-16-28(34-32)13-9-14-29(23-33)36-24-26-10-6-5-7-11-26/h4-11,14-16,19,23,25,27,31,34-35H,3,12-13,17-18,20-22,24,33H2,1-2H3/b14-9-,15-8-,29-23+,30-4+. The summed E-state index contributed by atoms with van der Waals surface area (Å²) in [5.74, 6) is 1.59. The number of hydrogen-bond acceptors (Lipinski definition) is 4. The molecule has 1 aliphatic carbocycles. The second kappa shape index (κ2) is 16.3. The highest BCUT2D eigenvalue weighted by molar-refractivity contribution is 8.04. The molecular formula is C32H44N2O2S. The summed E-state index contributed by atoms with van der Waals surface area (Å²) in [5, 5.41) is 10.3. The molecule has 0 aliphatic heterocycles. The van der Waals surface area contributed by atoms with Gasteiger partial charge in [-0.3, -0.25) is 0 Å². The number of H-pyrrole nitrogens is 1. The van der Waals surface area contributed by atoms with E-state index in [4.69, 9.17) is 10.5 Å². The molecule has 1 aliphatic rings. The van der Waals surface area contributed by atoms with Gasteiger partial charge in [-0.25, -0.2) is 0 Å². The van der Waals surface area contributed by atoms with Gasteiger partial charge in [-0.15, -0.1) is 11.8 Å². The van der Waals surface area contributed by atoms with Crippen LogP contribution in [0.5, 0.6) is 0 Å². The zero-order valence-corrected chi connectivity index (χ0v) is 23.3. The second-order valence-corrected chi connectivity index (χ2v) is 11.1. The summed E-state index contributed by atoms with van der Waals surface area (Å²) in [6.45, 7) is 5.11. The highest BCUT2D eigenvalue weighted by Gasteiger charge is 2.22. The van der Waals surface area contributed by atoms with Gasteiger partial charge in [0, 0.05) is 46.7 Å². The minimum atomic E-state index is 0.256. The fourth-order valence-corrected chi connectivity index (χ4v) is 5.43. The Morgan fingerprint density at radius 1 is 1.16 bits per heavy atom. The first-order valence-corrected chi connectivity index (χ1v) is 14.6. The van der Waals surface area contributed by atoms with Crippen molar-refractivity contribution in [2.75, 3.05) is 6.61 Å². The van der Waals surface area contributed by atoms with Gasteiger partial charge in [-0.05, 0) is 68.7 Å². The Balaban J connectivity index is 1.59. The molecule has 0 saturated heterocycles. The summed E-state index contributed by atoms with van der Waals surface area (Å²) in [6, 6.07) is 14.5. The lowest BCUT2D eigenvalue weighted by Crippen LogP contribution is -2.09. The highest BCUT2D eigenvalue weighted by Crippen LogP contribution is 2.39. The number of rotatable bonds is 17. The van der Waals surface area contributed by atoms with Gasteiger partial charge in [0.2, 0.25) is 0 Å². The zero-order chi connectivity index (χ0) is 26.3. The molecular weight excluding hydrogens is 476 g/mol. The average molecular weight is 521 g/mol. The zero-order valence-electron chi connectivity index (χ0n) is 22.4. The van der Waals surface area contributed by atoms with Crippen molar-refractivity contribution in [1.82, 2.24) is 4.98 Å². The predicted octanol–water partition coefficient (Wildman–Crippen LogP) is 7.76. The summed E-state index contributed by atoms with van der Waals surface area (Å²) in [5.41, 5.74) is 9.34. The highest BCUT2D eigenvalue weighted by atomic mass is 32.2. The largest absolute Gasteiger partial charge is 0.487 e. The Bertz CT molecular complexity index is 1030. The normalized spacial score (nSPS) is 16.5. The number of aliphatic hydroxyl groups excluding tert-OH is 1. The SMILES string of the molecule is C/C=C(\C=C/CC(CC(CC)CCO)c1ccc(C/C=C\C(=C/N)OCc2ccccc2)[nH]1)SC1CC1. The molecule has 2 unspecified atom stereocenters. The minimum absolute atomic E-state index is 0.256. The van der Waals surface area contributed by atoms with Gasteiger partial charge >= 0.3 is 0 Å². The number of nitrogens with one attached hydrogen (secondary N) is 1. The molecule has 0 bridgehead atoms. The van der Waals surface area contributed by atoms with Gasteiger partial charge < -0.3 is 20.6 Å². The molecule has 1 fully saturated rings. The molecule has 1 aromatic carbocycles. The maximum absolute atomic E-state index is 9.53. The van der Waals surface area contributed by atoms with Crippen molar-refractivity contribution < 1.29 is 9.84 Å². The van der Waals surface area contributed by atoms with Crippen molar-refractivity contribution in [1.29, 1.82) is 0 Å². The molecule has 1 saturated carbocycles. The lowest BCUT2D eigenvalue weighted by molar-refractivity contribution is 0.210. The molecule has 4 N–H and O–H groups in total. The maximum atomic E-state index is 9.53. The van der Waals surface area contributed by atoms with Gasteiger partial charge in [0.15, 0.2) is 0 Å². The van der Waals surface area contributed by atoms with Crippen molar-refractivity contribution in [3.63, 3.8) is 0 Å². The van der Waals surface area contributed by atoms with Crippen LogP contribution in [0.3, 0.4) is 0 Å². The van der Waals surface area contributed by atoms with Crippen LogP contribution in [-0.2, 0) is 17.8 Å². The summed E-state index contributed by atoms with van der Waals surface area (Å²) in [4.78, 5) is 5.04. The van der Waals surface area contributed by atoms with Crippen molar-refractivity contribution in [3.8, 4) is 0 Å². The van der Waals surface area contributed by atoms with Crippen LogP contribution in [-0.4, -0.2) is 21.9 Å². The number of benzene rings is 1. The Kier molecular flexibility index (Phi) is 12.7. The fourth-order valence-electron chi connectivity index (χ4n) is 4.37. The van der Waals surface area contributed by atoms with E-state index < -0.39 is 0 Å². The maximum Gasteiger partial charge on any atom is 0.134 e. The van der Waals surface area contributed by atoms with Gasteiger partial charge in [0.05, 0.1) is 0 Å². The number of thioether (sulfide) groups is 1. The van der Waals surface area contributed by atoms with E-state index in [-0.39, 0.29) is 6.61 Å². The van der Waals surface area contributed by atoms with Crippen LogP contribution in [0.2, 0.25) is 0 Å². The van der Waals surface area contributed by atoms with E-state index in [0.717, 1.165) is 42.9 Å². The molecule has 4 nitrogen and oxygen atoms in total. The van der Waals surface area contributed by atoms with Gasteiger partial charge in [-0.1, -0.05) is 68.0 Å². The van der Waals surface area contributed by atoms with Crippen molar-refractivity contribution in [2.24, 2.45) is 11.7 Å². The molecule has 0 spiro atoms. The average Bonchev–Trinajstić information content (AvgIpc) is 3.63. The van der Waals surface area contributed by atoms with Crippen LogP contribution in [0.25, 0.3) is 0 Å². The van der Waals surface area contributed by atoms with E-state index in [1.807, 2.05) is 48.2 Å². The molecule has 2 atom stereocenters. The quantitative estimate of drug-likeness (QED) is 0.147. The topological polar surface area (TPSA) is 71.3 Å². The number of allylic oxidation sites excluding steroid dienone is 5. The van der Waals surface area contributed by atoms with E-state index in [0.29, 0.717) is 24.2 Å². The fraction of sp³-hybridized carbons (Fsp3) is 0.438. The number of nitrogens with two attached hydrogens (primary N) is 1. The third-order valence-electron chi connectivity index (χ3n) is 6.79. The van der Waals surface area contributed by atoms with Crippen LogP contribution in [0.4, 0.5) is 0 Å². The minimum Gasteiger partial charge on any atom is -0.487 e. The molecule has 1 aromatic heterocycles. The molecule has 1 heterocycles. The third-order valence-corrected chi connectivity index (χ3v) is 8.24.